The molecule has 0 aliphatic carbocycles. The number of anilines is 1. The summed E-state index contributed by atoms with van der Waals surface area (Å²) in [4.78, 5) is 0. The lowest BCUT2D eigenvalue weighted by Gasteiger charge is -2.25. The zero-order valence-corrected chi connectivity index (χ0v) is 11.4. The first-order valence-electron chi connectivity index (χ1n) is 6.49. The average molecular weight is 283 g/mol. The quantitative estimate of drug-likeness (QED) is 0.890. The average Bonchev–Trinajstić information content (AvgIpc) is 2.37. The van der Waals surface area contributed by atoms with E-state index in [0.29, 0.717) is 19.0 Å². The highest BCUT2D eigenvalue weighted by atomic mass is 32.2. The molecule has 1 fully saturated rings. The molecule has 6 heteroatoms. The van der Waals surface area contributed by atoms with E-state index in [1.54, 1.807) is 0 Å². The van der Waals surface area contributed by atoms with Gasteiger partial charge in [-0.25, -0.2) is 8.42 Å². The number of hydrogen-bond donors (Lipinski definition) is 1. The van der Waals surface area contributed by atoms with Crippen LogP contribution in [-0.4, -0.2) is 39.2 Å². The summed E-state index contributed by atoms with van der Waals surface area (Å²) >= 11 is 0. The molecule has 0 radical (unpaired) electrons. The van der Waals surface area contributed by atoms with E-state index in [9.17, 15) is 8.42 Å². The van der Waals surface area contributed by atoms with E-state index in [2.05, 4.69) is 5.32 Å². The van der Waals surface area contributed by atoms with Crippen molar-refractivity contribution in [3.05, 3.63) is 18.2 Å². The molecule has 0 amide bonds. The number of ether oxygens (including phenoxy) is 2. The van der Waals surface area contributed by atoms with Gasteiger partial charge in [-0.2, -0.15) is 0 Å². The SMILES string of the molecule is O=S1(=O)CCCC(Nc2ccc3c(c2)OCCO3)C1. The summed E-state index contributed by atoms with van der Waals surface area (Å²) in [5.41, 5.74) is 0.881. The maximum Gasteiger partial charge on any atom is 0.163 e. The molecule has 1 aromatic rings. The Bertz CT molecular complexity index is 570. The van der Waals surface area contributed by atoms with Crippen molar-refractivity contribution >= 4 is 15.5 Å². The molecule has 1 saturated heterocycles. The molecule has 5 nitrogen and oxygen atoms in total. The van der Waals surface area contributed by atoms with Gasteiger partial charge in [0.05, 0.1) is 11.5 Å². The number of nitrogens with one attached hydrogen (secondary N) is 1. The standard InChI is InChI=1S/C13H17NO4S/c15-19(16)7-1-2-11(9-19)14-10-3-4-12-13(8-10)18-6-5-17-12/h3-4,8,11,14H,1-2,5-7,9H2. The third kappa shape index (κ3) is 2.94. The van der Waals surface area contributed by atoms with E-state index >= 15 is 0 Å². The van der Waals surface area contributed by atoms with Gasteiger partial charge in [-0.3, -0.25) is 0 Å². The second kappa shape index (κ2) is 4.92. The minimum absolute atomic E-state index is 0.0127. The fraction of sp³-hybridized carbons (Fsp3) is 0.538. The molecule has 2 aliphatic heterocycles. The maximum absolute atomic E-state index is 11.6. The van der Waals surface area contributed by atoms with Crippen LogP contribution in [0.5, 0.6) is 11.5 Å². The zero-order valence-electron chi connectivity index (χ0n) is 10.6. The Balaban J connectivity index is 1.73. The van der Waals surface area contributed by atoms with Crippen molar-refractivity contribution < 1.29 is 17.9 Å². The highest BCUT2D eigenvalue weighted by Gasteiger charge is 2.24. The van der Waals surface area contributed by atoms with Gasteiger partial charge in [0.15, 0.2) is 21.3 Å². The Labute approximate surface area is 112 Å². The highest BCUT2D eigenvalue weighted by molar-refractivity contribution is 7.91. The number of sulfone groups is 1. The molecule has 1 aromatic carbocycles. The predicted molar refractivity (Wildman–Crippen MR) is 72.7 cm³/mol. The van der Waals surface area contributed by atoms with Crippen molar-refractivity contribution in [3.8, 4) is 11.5 Å². The van der Waals surface area contributed by atoms with Gasteiger partial charge in [0.25, 0.3) is 0 Å². The van der Waals surface area contributed by atoms with Crippen molar-refractivity contribution in [2.24, 2.45) is 0 Å². The summed E-state index contributed by atoms with van der Waals surface area (Å²) in [7, 11) is -2.89. The van der Waals surface area contributed by atoms with E-state index in [-0.39, 0.29) is 11.8 Å². The van der Waals surface area contributed by atoms with Gasteiger partial charge < -0.3 is 14.8 Å². The number of benzene rings is 1. The summed E-state index contributed by atoms with van der Waals surface area (Å²) in [5, 5.41) is 3.27. The van der Waals surface area contributed by atoms with Gasteiger partial charge >= 0.3 is 0 Å². The Kier molecular flexibility index (Phi) is 3.26. The molecule has 1 N–H and O–H groups in total. The largest absolute Gasteiger partial charge is 0.486 e. The van der Waals surface area contributed by atoms with Crippen LogP contribution in [0, 0.1) is 0 Å². The van der Waals surface area contributed by atoms with Gasteiger partial charge in [-0.05, 0) is 25.0 Å². The molecule has 104 valence electrons. The second-order valence-electron chi connectivity index (χ2n) is 4.96. The third-order valence-corrected chi connectivity index (χ3v) is 5.20. The van der Waals surface area contributed by atoms with Crippen LogP contribution < -0.4 is 14.8 Å². The molecule has 0 spiro atoms. The van der Waals surface area contributed by atoms with E-state index in [1.165, 1.54) is 0 Å². The molecule has 2 heterocycles. The minimum atomic E-state index is -2.89. The smallest absolute Gasteiger partial charge is 0.163 e. The van der Waals surface area contributed by atoms with Crippen LogP contribution in [0.25, 0.3) is 0 Å². The lowest BCUT2D eigenvalue weighted by Crippen LogP contribution is -2.34. The summed E-state index contributed by atoms with van der Waals surface area (Å²) in [6, 6.07) is 5.61. The van der Waals surface area contributed by atoms with Crippen molar-refractivity contribution in [1.29, 1.82) is 0 Å². The van der Waals surface area contributed by atoms with Gasteiger partial charge in [-0.1, -0.05) is 0 Å². The van der Waals surface area contributed by atoms with E-state index in [1.807, 2.05) is 18.2 Å². The van der Waals surface area contributed by atoms with Crippen molar-refractivity contribution in [2.45, 2.75) is 18.9 Å². The fourth-order valence-corrected chi connectivity index (χ4v) is 4.14. The van der Waals surface area contributed by atoms with Crippen LogP contribution in [0.3, 0.4) is 0 Å². The van der Waals surface area contributed by atoms with Gasteiger partial charge in [0.1, 0.15) is 13.2 Å². The lowest BCUT2D eigenvalue weighted by molar-refractivity contribution is 0.171. The third-order valence-electron chi connectivity index (χ3n) is 3.38. The predicted octanol–water partition coefficient (Wildman–Crippen LogP) is 1.45. The molecule has 1 atom stereocenters. The molecule has 0 aromatic heterocycles. The summed E-state index contributed by atoms with van der Waals surface area (Å²) < 4.78 is 34.2. The Morgan fingerprint density at radius 2 is 1.95 bits per heavy atom. The van der Waals surface area contributed by atoms with E-state index in [4.69, 9.17) is 9.47 Å². The molecule has 2 aliphatic rings. The number of hydrogen-bond acceptors (Lipinski definition) is 5. The summed E-state index contributed by atoms with van der Waals surface area (Å²) in [6.07, 6.45) is 1.61. The van der Waals surface area contributed by atoms with Crippen LogP contribution in [0.4, 0.5) is 5.69 Å². The molecule has 3 rings (SSSR count). The molecular formula is C13H17NO4S. The first-order valence-corrected chi connectivity index (χ1v) is 8.31. The minimum Gasteiger partial charge on any atom is -0.486 e. The zero-order chi connectivity index (χ0) is 13.3. The van der Waals surface area contributed by atoms with Crippen LogP contribution in [0.2, 0.25) is 0 Å². The van der Waals surface area contributed by atoms with Crippen LogP contribution in [0.15, 0.2) is 18.2 Å². The monoisotopic (exact) mass is 283 g/mol. The van der Waals surface area contributed by atoms with Gasteiger partial charge in [0.2, 0.25) is 0 Å². The van der Waals surface area contributed by atoms with Crippen LogP contribution in [-0.2, 0) is 9.84 Å². The normalized spacial score (nSPS) is 24.7. The molecule has 0 bridgehead atoms. The van der Waals surface area contributed by atoms with Crippen LogP contribution in [0.1, 0.15) is 12.8 Å². The Hall–Kier alpha value is -1.43. The molecular weight excluding hydrogens is 266 g/mol. The first-order chi connectivity index (χ1) is 9.12. The van der Waals surface area contributed by atoms with Crippen molar-refractivity contribution in [2.75, 3.05) is 30.0 Å². The Morgan fingerprint density at radius 1 is 1.16 bits per heavy atom. The molecule has 1 unspecified atom stereocenters. The van der Waals surface area contributed by atoms with Gasteiger partial charge in [0, 0.05) is 17.8 Å². The maximum atomic E-state index is 11.6. The number of rotatable bonds is 2. The summed E-state index contributed by atoms with van der Waals surface area (Å²) in [6.45, 7) is 1.12. The van der Waals surface area contributed by atoms with E-state index < -0.39 is 9.84 Å². The highest BCUT2D eigenvalue weighted by Crippen LogP contribution is 2.33. The van der Waals surface area contributed by atoms with Crippen LogP contribution >= 0.6 is 0 Å². The first kappa shape index (κ1) is 12.6. The Morgan fingerprint density at radius 3 is 2.74 bits per heavy atom. The van der Waals surface area contributed by atoms with E-state index in [0.717, 1.165) is 30.0 Å². The lowest BCUT2D eigenvalue weighted by atomic mass is 10.1. The topological polar surface area (TPSA) is 64.6 Å². The van der Waals surface area contributed by atoms with Crippen molar-refractivity contribution in [3.63, 3.8) is 0 Å². The number of fused-ring (bicyclic) bond motifs is 1. The summed E-state index contributed by atoms with van der Waals surface area (Å²) in [5.74, 6) is 1.98. The molecule has 0 saturated carbocycles. The second-order valence-corrected chi connectivity index (χ2v) is 7.19. The van der Waals surface area contributed by atoms with Crippen molar-refractivity contribution in [1.82, 2.24) is 0 Å². The molecule has 19 heavy (non-hydrogen) atoms. The fourth-order valence-electron chi connectivity index (χ4n) is 2.51. The van der Waals surface area contributed by atoms with Gasteiger partial charge in [-0.15, -0.1) is 0 Å².